The van der Waals surface area contributed by atoms with E-state index in [1.807, 2.05) is 0 Å². The van der Waals surface area contributed by atoms with E-state index >= 15 is 0 Å². The molecule has 0 bridgehead atoms. The van der Waals surface area contributed by atoms with E-state index < -0.39 is 29.6 Å². The van der Waals surface area contributed by atoms with Gasteiger partial charge in [-0.25, -0.2) is 9.59 Å². The number of benzene rings is 2. The van der Waals surface area contributed by atoms with Crippen LogP contribution < -0.4 is 9.64 Å². The molecule has 0 spiro atoms. The predicted molar refractivity (Wildman–Crippen MR) is 113 cm³/mol. The standard InChI is InChI=1S/C23H23F3N2O5/c1-4-32-20(30)13-33-21-14(2)9-16(10-15(21)3)11-28-19(29)12-27(22(28)31)18-7-5-17(6-8-18)23(24,25)26/h5-10H,4,11-13H2,1-3H3. The van der Waals surface area contributed by atoms with Crippen LogP contribution in [0.1, 0.15) is 29.2 Å². The molecule has 3 amide bonds. The Kier molecular flexibility index (Phi) is 6.95. The molecular weight excluding hydrogens is 441 g/mol. The second-order valence-electron chi connectivity index (χ2n) is 7.55. The SMILES string of the molecule is CCOC(=O)COc1c(C)cc(CN2C(=O)CN(c3ccc(C(F)(F)F)cc3)C2=O)cc1C. The average Bonchev–Trinajstić information content (AvgIpc) is 3.01. The number of alkyl halides is 3. The topological polar surface area (TPSA) is 76.2 Å². The molecule has 176 valence electrons. The first-order valence-corrected chi connectivity index (χ1v) is 10.2. The van der Waals surface area contributed by atoms with Gasteiger partial charge in [0.15, 0.2) is 6.61 Å². The monoisotopic (exact) mass is 464 g/mol. The van der Waals surface area contributed by atoms with E-state index in [0.717, 1.165) is 21.9 Å². The van der Waals surface area contributed by atoms with Crippen molar-refractivity contribution in [1.29, 1.82) is 0 Å². The van der Waals surface area contributed by atoms with E-state index in [1.54, 1.807) is 32.9 Å². The molecule has 0 aromatic heterocycles. The molecule has 0 unspecified atom stereocenters. The summed E-state index contributed by atoms with van der Waals surface area (Å²) >= 11 is 0. The number of aryl methyl sites for hydroxylation is 2. The number of carbonyl (C=O) groups is 3. The van der Waals surface area contributed by atoms with Crippen molar-refractivity contribution in [2.24, 2.45) is 0 Å². The molecule has 1 aliphatic rings. The van der Waals surface area contributed by atoms with E-state index in [2.05, 4.69) is 0 Å². The number of hydrogen-bond donors (Lipinski definition) is 0. The number of carbonyl (C=O) groups excluding carboxylic acids is 3. The van der Waals surface area contributed by atoms with Crippen LogP contribution in [0.4, 0.5) is 23.7 Å². The zero-order valence-corrected chi connectivity index (χ0v) is 18.4. The Labute approximate surface area is 188 Å². The van der Waals surface area contributed by atoms with Crippen molar-refractivity contribution in [1.82, 2.24) is 4.90 Å². The molecule has 1 heterocycles. The molecule has 1 fully saturated rings. The van der Waals surface area contributed by atoms with Crippen LogP contribution >= 0.6 is 0 Å². The summed E-state index contributed by atoms with van der Waals surface area (Å²) in [5, 5.41) is 0. The summed E-state index contributed by atoms with van der Waals surface area (Å²) in [5.74, 6) is -0.438. The Morgan fingerprint density at radius 3 is 2.21 bits per heavy atom. The van der Waals surface area contributed by atoms with E-state index in [1.165, 1.54) is 12.1 Å². The van der Waals surface area contributed by atoms with Gasteiger partial charge in [-0.2, -0.15) is 13.2 Å². The third-order valence-electron chi connectivity index (χ3n) is 5.06. The fraction of sp³-hybridized carbons (Fsp3) is 0.348. The van der Waals surface area contributed by atoms with Crippen LogP contribution in [0.25, 0.3) is 0 Å². The van der Waals surface area contributed by atoms with Gasteiger partial charge >= 0.3 is 18.2 Å². The van der Waals surface area contributed by atoms with Gasteiger partial charge in [0.05, 0.1) is 18.7 Å². The zero-order chi connectivity index (χ0) is 24.3. The molecule has 1 aliphatic heterocycles. The largest absolute Gasteiger partial charge is 0.481 e. The van der Waals surface area contributed by atoms with Crippen LogP contribution in [0.3, 0.4) is 0 Å². The summed E-state index contributed by atoms with van der Waals surface area (Å²) < 4.78 is 48.7. The van der Waals surface area contributed by atoms with Crippen LogP contribution in [0.5, 0.6) is 5.75 Å². The van der Waals surface area contributed by atoms with E-state index in [-0.39, 0.29) is 32.0 Å². The van der Waals surface area contributed by atoms with Gasteiger partial charge in [-0.1, -0.05) is 12.1 Å². The van der Waals surface area contributed by atoms with Gasteiger partial charge in [0.25, 0.3) is 5.91 Å². The molecule has 0 aliphatic carbocycles. The number of nitrogens with zero attached hydrogens (tertiary/aromatic N) is 2. The maximum Gasteiger partial charge on any atom is 0.416 e. The number of amides is 3. The smallest absolute Gasteiger partial charge is 0.416 e. The summed E-state index contributed by atoms with van der Waals surface area (Å²) in [5.41, 5.74) is 1.47. The van der Waals surface area contributed by atoms with E-state index in [9.17, 15) is 27.6 Å². The Balaban J connectivity index is 1.72. The minimum absolute atomic E-state index is 0.00532. The number of urea groups is 1. The Hall–Kier alpha value is -3.56. The van der Waals surface area contributed by atoms with Gasteiger partial charge in [-0.15, -0.1) is 0 Å². The van der Waals surface area contributed by atoms with Crippen molar-refractivity contribution in [2.45, 2.75) is 33.5 Å². The lowest BCUT2D eigenvalue weighted by molar-refractivity contribution is -0.145. The fourth-order valence-electron chi connectivity index (χ4n) is 3.60. The first-order valence-electron chi connectivity index (χ1n) is 10.2. The highest BCUT2D eigenvalue weighted by atomic mass is 19.4. The van der Waals surface area contributed by atoms with Crippen molar-refractivity contribution in [3.63, 3.8) is 0 Å². The molecule has 2 aromatic carbocycles. The Bertz CT molecular complexity index is 1040. The minimum atomic E-state index is -4.49. The number of esters is 1. The number of imide groups is 1. The van der Waals surface area contributed by atoms with Crippen LogP contribution in [0.15, 0.2) is 36.4 Å². The van der Waals surface area contributed by atoms with Crippen molar-refractivity contribution in [3.05, 3.63) is 58.7 Å². The molecule has 10 heteroatoms. The molecule has 0 saturated carbocycles. The molecular formula is C23H23F3N2O5. The molecule has 3 rings (SSSR count). The van der Waals surface area contributed by atoms with Crippen LogP contribution in [0, 0.1) is 13.8 Å². The van der Waals surface area contributed by atoms with Gasteiger partial charge < -0.3 is 9.47 Å². The first-order chi connectivity index (χ1) is 15.5. The number of anilines is 1. The summed E-state index contributed by atoms with van der Waals surface area (Å²) in [6.45, 7) is 5.00. The number of halogens is 3. The molecule has 1 saturated heterocycles. The number of hydrogen-bond acceptors (Lipinski definition) is 5. The second kappa shape index (κ2) is 9.51. The fourth-order valence-corrected chi connectivity index (χ4v) is 3.60. The summed E-state index contributed by atoms with van der Waals surface area (Å²) in [4.78, 5) is 39.0. The van der Waals surface area contributed by atoms with Crippen molar-refractivity contribution < 1.29 is 37.0 Å². The predicted octanol–water partition coefficient (Wildman–Crippen LogP) is 4.23. The molecule has 33 heavy (non-hydrogen) atoms. The first kappa shape index (κ1) is 24.1. The highest BCUT2D eigenvalue weighted by Crippen LogP contribution is 2.32. The van der Waals surface area contributed by atoms with E-state index in [4.69, 9.17) is 9.47 Å². The lowest BCUT2D eigenvalue weighted by atomic mass is 10.1. The summed E-state index contributed by atoms with van der Waals surface area (Å²) in [6.07, 6.45) is -4.49. The van der Waals surface area contributed by atoms with E-state index in [0.29, 0.717) is 22.4 Å². The highest BCUT2D eigenvalue weighted by Gasteiger charge is 2.37. The highest BCUT2D eigenvalue weighted by molar-refractivity contribution is 6.12. The molecule has 0 radical (unpaired) electrons. The van der Waals surface area contributed by atoms with Gasteiger partial charge in [0, 0.05) is 5.69 Å². The van der Waals surface area contributed by atoms with Gasteiger partial charge in [-0.3, -0.25) is 14.6 Å². The normalized spacial score (nSPS) is 14.1. The number of rotatable bonds is 7. The summed E-state index contributed by atoms with van der Waals surface area (Å²) in [7, 11) is 0. The molecule has 7 nitrogen and oxygen atoms in total. The van der Waals surface area contributed by atoms with Crippen LogP contribution in [0.2, 0.25) is 0 Å². The van der Waals surface area contributed by atoms with Gasteiger partial charge in [-0.05, 0) is 61.7 Å². The lowest BCUT2D eigenvalue weighted by Gasteiger charge is -2.19. The van der Waals surface area contributed by atoms with Gasteiger partial charge in [0.2, 0.25) is 0 Å². The number of ether oxygens (including phenoxy) is 2. The van der Waals surface area contributed by atoms with Crippen LogP contribution in [-0.2, 0) is 27.0 Å². The molecule has 0 atom stereocenters. The zero-order valence-electron chi connectivity index (χ0n) is 18.4. The third kappa shape index (κ3) is 5.44. The Morgan fingerprint density at radius 1 is 1.06 bits per heavy atom. The Morgan fingerprint density at radius 2 is 1.67 bits per heavy atom. The molecule has 2 aromatic rings. The summed E-state index contributed by atoms with van der Waals surface area (Å²) in [6, 6.07) is 6.96. The molecule has 0 N–H and O–H groups in total. The van der Waals surface area contributed by atoms with Crippen molar-refractivity contribution in [3.8, 4) is 5.75 Å². The minimum Gasteiger partial charge on any atom is -0.481 e. The van der Waals surface area contributed by atoms with Gasteiger partial charge in [0.1, 0.15) is 12.3 Å². The van der Waals surface area contributed by atoms with Crippen LogP contribution in [-0.4, -0.2) is 42.6 Å². The quantitative estimate of drug-likeness (QED) is 0.453. The van der Waals surface area contributed by atoms with Crippen molar-refractivity contribution >= 4 is 23.6 Å². The van der Waals surface area contributed by atoms with Crippen molar-refractivity contribution in [2.75, 3.05) is 24.7 Å². The lowest BCUT2D eigenvalue weighted by Crippen LogP contribution is -2.32. The second-order valence-corrected chi connectivity index (χ2v) is 7.55. The maximum absolute atomic E-state index is 12.8. The average molecular weight is 464 g/mol. The maximum atomic E-state index is 12.8. The third-order valence-corrected chi connectivity index (χ3v) is 5.06.